The molecule has 0 unspecified atom stereocenters. The van der Waals surface area contributed by atoms with Gasteiger partial charge in [-0.15, -0.1) is 11.3 Å². The van der Waals surface area contributed by atoms with Crippen LogP contribution in [0.15, 0.2) is 42.9 Å². The molecule has 0 fully saturated rings. The fourth-order valence-electron chi connectivity index (χ4n) is 2.24. The van der Waals surface area contributed by atoms with Crippen molar-refractivity contribution in [3.63, 3.8) is 0 Å². The van der Waals surface area contributed by atoms with Gasteiger partial charge in [-0.25, -0.2) is 4.98 Å². The molecule has 0 aliphatic rings. The van der Waals surface area contributed by atoms with E-state index in [1.54, 1.807) is 6.33 Å². The van der Waals surface area contributed by atoms with Gasteiger partial charge in [0.15, 0.2) is 0 Å². The monoisotopic (exact) mass is 283 g/mol. The molecule has 2 aromatic heterocycles. The Morgan fingerprint density at radius 3 is 2.60 bits per heavy atom. The van der Waals surface area contributed by atoms with E-state index >= 15 is 0 Å². The van der Waals surface area contributed by atoms with E-state index in [1.165, 1.54) is 15.3 Å². The van der Waals surface area contributed by atoms with Crippen LogP contribution in [-0.4, -0.2) is 9.97 Å². The van der Waals surface area contributed by atoms with E-state index in [0.717, 1.165) is 23.5 Å². The first-order valence-electron chi connectivity index (χ1n) is 6.61. The first kappa shape index (κ1) is 12.9. The molecule has 0 aliphatic carbocycles. The number of nitrogens with zero attached hydrogens (tertiary/aromatic N) is 1. The largest absolute Gasteiger partial charge is 0.381 e. The van der Waals surface area contributed by atoms with E-state index in [9.17, 15) is 0 Å². The number of benzene rings is 1. The topological polar surface area (TPSA) is 40.7 Å². The lowest BCUT2D eigenvalue weighted by atomic mass is 10.1. The zero-order valence-corrected chi connectivity index (χ0v) is 12.4. The van der Waals surface area contributed by atoms with Crippen molar-refractivity contribution in [3.8, 4) is 11.3 Å². The molecule has 0 bridgehead atoms. The van der Waals surface area contributed by atoms with Gasteiger partial charge in [-0.1, -0.05) is 12.1 Å². The minimum Gasteiger partial charge on any atom is -0.381 e. The molecular weight excluding hydrogens is 266 g/mol. The zero-order valence-electron chi connectivity index (χ0n) is 11.6. The smallest absolute Gasteiger partial charge is 0.0924 e. The molecule has 0 aliphatic heterocycles. The van der Waals surface area contributed by atoms with Crippen LogP contribution in [0.4, 0.5) is 5.69 Å². The predicted octanol–water partition coefficient (Wildman–Crippen LogP) is 4.37. The summed E-state index contributed by atoms with van der Waals surface area (Å²) < 4.78 is 0. The van der Waals surface area contributed by atoms with Gasteiger partial charge in [0.1, 0.15) is 0 Å². The Morgan fingerprint density at radius 1 is 1.20 bits per heavy atom. The maximum atomic E-state index is 4.04. The van der Waals surface area contributed by atoms with Crippen LogP contribution < -0.4 is 5.32 Å². The Labute approximate surface area is 122 Å². The number of rotatable bonds is 4. The molecule has 20 heavy (non-hydrogen) atoms. The van der Waals surface area contributed by atoms with Crippen LogP contribution in [0.25, 0.3) is 11.3 Å². The van der Waals surface area contributed by atoms with Crippen LogP contribution in [0.3, 0.4) is 0 Å². The third-order valence-electron chi connectivity index (χ3n) is 3.32. The first-order chi connectivity index (χ1) is 9.72. The van der Waals surface area contributed by atoms with Crippen molar-refractivity contribution in [2.45, 2.75) is 20.4 Å². The van der Waals surface area contributed by atoms with Crippen LogP contribution in [0.1, 0.15) is 15.3 Å². The molecule has 3 aromatic rings. The predicted molar refractivity (Wildman–Crippen MR) is 85.1 cm³/mol. The molecule has 0 amide bonds. The molecule has 3 nitrogen and oxygen atoms in total. The van der Waals surface area contributed by atoms with Gasteiger partial charge >= 0.3 is 0 Å². The van der Waals surface area contributed by atoms with E-state index in [0.29, 0.717) is 0 Å². The summed E-state index contributed by atoms with van der Waals surface area (Å²) in [6.07, 6.45) is 3.53. The van der Waals surface area contributed by atoms with Crippen LogP contribution in [0, 0.1) is 13.8 Å². The Hall–Kier alpha value is -2.07. The van der Waals surface area contributed by atoms with E-state index < -0.39 is 0 Å². The second-order valence-electron chi connectivity index (χ2n) is 4.83. The number of aromatic amines is 1. The second-order valence-corrected chi connectivity index (χ2v) is 6.30. The molecule has 102 valence electrons. The van der Waals surface area contributed by atoms with Gasteiger partial charge in [0, 0.05) is 22.0 Å². The molecule has 2 heterocycles. The van der Waals surface area contributed by atoms with Crippen LogP contribution in [0.5, 0.6) is 0 Å². The molecule has 3 rings (SSSR count). The van der Waals surface area contributed by atoms with E-state index in [-0.39, 0.29) is 0 Å². The fourth-order valence-corrected chi connectivity index (χ4v) is 3.18. The number of aryl methyl sites for hydroxylation is 2. The highest BCUT2D eigenvalue weighted by Gasteiger charge is 2.03. The Balaban J connectivity index is 1.68. The SMILES string of the molecule is Cc1cc(CNc2ccc(-c3cnc[nH]3)cc2)c(C)s1. The maximum Gasteiger partial charge on any atom is 0.0924 e. The van der Waals surface area contributed by atoms with Crippen LogP contribution >= 0.6 is 11.3 Å². The van der Waals surface area contributed by atoms with Gasteiger partial charge in [-0.2, -0.15) is 0 Å². The molecule has 0 atom stereocenters. The number of nitrogens with one attached hydrogen (secondary N) is 2. The molecule has 4 heteroatoms. The normalized spacial score (nSPS) is 10.7. The standard InChI is InChI=1S/C16H17N3S/c1-11-7-14(12(2)20-11)8-18-15-5-3-13(4-6-15)16-9-17-10-19-16/h3-7,9-10,18H,8H2,1-2H3,(H,17,19). The van der Waals surface area contributed by atoms with Gasteiger partial charge in [0.05, 0.1) is 18.2 Å². The highest BCUT2D eigenvalue weighted by Crippen LogP contribution is 2.23. The molecule has 0 saturated carbocycles. The van der Waals surface area contributed by atoms with E-state index in [1.807, 2.05) is 17.5 Å². The summed E-state index contributed by atoms with van der Waals surface area (Å²) in [6, 6.07) is 10.7. The number of aromatic nitrogens is 2. The highest BCUT2D eigenvalue weighted by molar-refractivity contribution is 7.12. The van der Waals surface area contributed by atoms with Crippen molar-refractivity contribution in [1.82, 2.24) is 9.97 Å². The summed E-state index contributed by atoms with van der Waals surface area (Å²) >= 11 is 1.85. The van der Waals surface area contributed by atoms with Crippen LogP contribution in [-0.2, 0) is 6.54 Å². The number of H-pyrrole nitrogens is 1. The summed E-state index contributed by atoms with van der Waals surface area (Å²) in [6.45, 7) is 5.20. The van der Waals surface area contributed by atoms with E-state index in [4.69, 9.17) is 0 Å². The Morgan fingerprint density at radius 2 is 2.00 bits per heavy atom. The quantitative estimate of drug-likeness (QED) is 0.746. The second kappa shape index (κ2) is 5.51. The fraction of sp³-hybridized carbons (Fsp3) is 0.188. The van der Waals surface area contributed by atoms with Crippen molar-refractivity contribution in [3.05, 3.63) is 58.2 Å². The third kappa shape index (κ3) is 2.75. The number of hydrogen-bond acceptors (Lipinski definition) is 3. The minimum absolute atomic E-state index is 0.875. The average Bonchev–Trinajstić information content (AvgIpc) is 3.07. The maximum absolute atomic E-state index is 4.04. The van der Waals surface area contributed by atoms with Gasteiger partial charge in [0.2, 0.25) is 0 Å². The zero-order chi connectivity index (χ0) is 13.9. The highest BCUT2D eigenvalue weighted by atomic mass is 32.1. The molecule has 0 saturated heterocycles. The van der Waals surface area contributed by atoms with Crippen molar-refractivity contribution >= 4 is 17.0 Å². The molecule has 0 spiro atoms. The number of hydrogen-bond donors (Lipinski definition) is 2. The lowest BCUT2D eigenvalue weighted by Gasteiger charge is -2.07. The number of thiophene rings is 1. The average molecular weight is 283 g/mol. The summed E-state index contributed by atoms with van der Waals surface area (Å²) in [7, 11) is 0. The van der Waals surface area contributed by atoms with Gasteiger partial charge < -0.3 is 10.3 Å². The molecule has 1 aromatic carbocycles. The minimum atomic E-state index is 0.875. The van der Waals surface area contributed by atoms with Crippen molar-refractivity contribution in [2.75, 3.05) is 5.32 Å². The van der Waals surface area contributed by atoms with E-state index in [2.05, 4.69) is 59.5 Å². The third-order valence-corrected chi connectivity index (χ3v) is 4.33. The van der Waals surface area contributed by atoms with Crippen molar-refractivity contribution in [2.24, 2.45) is 0 Å². The van der Waals surface area contributed by atoms with Gasteiger partial charge in [-0.05, 0) is 43.2 Å². The molecule has 2 N–H and O–H groups in total. The summed E-state index contributed by atoms with van der Waals surface area (Å²) in [5.41, 5.74) is 4.71. The van der Waals surface area contributed by atoms with Crippen LogP contribution in [0.2, 0.25) is 0 Å². The first-order valence-corrected chi connectivity index (χ1v) is 7.42. The number of imidazole rings is 1. The lowest BCUT2D eigenvalue weighted by Crippen LogP contribution is -1.99. The number of anilines is 1. The Bertz CT molecular complexity index is 681. The summed E-state index contributed by atoms with van der Waals surface area (Å²) in [4.78, 5) is 9.91. The van der Waals surface area contributed by atoms with Gasteiger partial charge in [0.25, 0.3) is 0 Å². The van der Waals surface area contributed by atoms with Crippen molar-refractivity contribution < 1.29 is 0 Å². The summed E-state index contributed by atoms with van der Waals surface area (Å²) in [5.74, 6) is 0. The van der Waals surface area contributed by atoms with Gasteiger partial charge in [-0.3, -0.25) is 0 Å². The Kier molecular flexibility index (Phi) is 3.56. The lowest BCUT2D eigenvalue weighted by molar-refractivity contribution is 1.14. The van der Waals surface area contributed by atoms with Crippen molar-refractivity contribution in [1.29, 1.82) is 0 Å². The molecular formula is C16H17N3S. The summed E-state index contributed by atoms with van der Waals surface area (Å²) in [5, 5.41) is 3.47. The molecule has 0 radical (unpaired) electrons.